The van der Waals surface area contributed by atoms with Crippen LogP contribution in [0.15, 0.2) is 47.1 Å². The predicted molar refractivity (Wildman–Crippen MR) is 87.1 cm³/mol. The van der Waals surface area contributed by atoms with Gasteiger partial charge in [0.25, 0.3) is 9.70 Å². The number of carbonyl (C=O) groups excluding carboxylic acids is 1. The van der Waals surface area contributed by atoms with Crippen molar-refractivity contribution in [2.24, 2.45) is 0 Å². The van der Waals surface area contributed by atoms with E-state index in [-0.39, 0.29) is 5.91 Å². The second-order valence-corrected chi connectivity index (χ2v) is 7.25. The minimum absolute atomic E-state index is 0.296. The Balaban J connectivity index is 2.04. The van der Waals surface area contributed by atoms with Crippen LogP contribution in [-0.4, -0.2) is 15.9 Å². The number of hydrogen-bond donors (Lipinski definition) is 2. The number of aryl methyl sites for hydroxylation is 1. The molecule has 0 saturated carbocycles. The average molecular weight is 363 g/mol. The van der Waals surface area contributed by atoms with Crippen molar-refractivity contribution < 1.29 is 14.5 Å². The summed E-state index contributed by atoms with van der Waals surface area (Å²) in [7, 11) is 0. The van der Waals surface area contributed by atoms with E-state index in [4.69, 9.17) is 39.2 Å². The van der Waals surface area contributed by atoms with E-state index in [1.54, 1.807) is 35.8 Å². The summed E-state index contributed by atoms with van der Waals surface area (Å²) < 4.78 is 3.58. The number of halogens is 3. The van der Waals surface area contributed by atoms with Gasteiger partial charge >= 0.3 is 0 Å². The molecule has 4 nitrogen and oxygen atoms in total. The van der Waals surface area contributed by atoms with Gasteiger partial charge in [-0.15, -0.1) is 0 Å². The lowest BCUT2D eigenvalue weighted by Gasteiger charge is -2.23. The Morgan fingerprint density at radius 3 is 2.68 bits per heavy atom. The number of quaternary nitrogens is 1. The van der Waals surface area contributed by atoms with E-state index in [2.05, 4.69) is 5.32 Å². The van der Waals surface area contributed by atoms with E-state index in [0.29, 0.717) is 12.1 Å². The van der Waals surface area contributed by atoms with Crippen molar-refractivity contribution >= 4 is 40.7 Å². The summed E-state index contributed by atoms with van der Waals surface area (Å²) in [4.78, 5) is 12.3. The number of rotatable bonds is 5. The monoisotopic (exact) mass is 361 g/mol. The molecule has 0 unspecified atom stereocenters. The maximum atomic E-state index is 12.3. The summed E-state index contributed by atoms with van der Waals surface area (Å²) in [6.07, 6.45) is 0.828. The van der Waals surface area contributed by atoms with Gasteiger partial charge in [-0.25, -0.2) is 0 Å². The number of hydrogen-bond acceptors (Lipinski definition) is 2. The highest BCUT2D eigenvalue weighted by molar-refractivity contribution is 6.68. The molecule has 0 aliphatic heterocycles. The van der Waals surface area contributed by atoms with Crippen molar-refractivity contribution in [2.75, 3.05) is 0 Å². The van der Waals surface area contributed by atoms with E-state index in [9.17, 15) is 4.79 Å². The molecule has 0 aliphatic carbocycles. The Kier molecular flexibility index (Phi) is 5.75. The molecule has 1 aromatic heterocycles. The number of nitrogens with two attached hydrogens (primary N) is 1. The van der Waals surface area contributed by atoms with Crippen LogP contribution in [0.1, 0.15) is 21.7 Å². The molecule has 0 fully saturated rings. The molecule has 0 spiro atoms. The van der Waals surface area contributed by atoms with Crippen LogP contribution in [0.5, 0.6) is 0 Å². The lowest BCUT2D eigenvalue weighted by molar-refractivity contribution is -0.708. The second-order valence-electron chi connectivity index (χ2n) is 4.88. The van der Waals surface area contributed by atoms with Gasteiger partial charge in [-0.05, 0) is 31.2 Å². The molecule has 0 aliphatic rings. The molecule has 0 bridgehead atoms. The zero-order chi connectivity index (χ0) is 16.2. The SMILES string of the molecule is Cc1cccc(C(=O)N[C@H]([NH2+]Cc2ccco2)C(Cl)(Cl)Cl)c1. The maximum Gasteiger partial charge on any atom is 0.262 e. The molecule has 1 aromatic carbocycles. The number of nitrogens with one attached hydrogen (secondary N) is 1. The molecular formula is C15H16Cl3N2O2+. The summed E-state index contributed by atoms with van der Waals surface area (Å²) in [6.45, 7) is 2.35. The summed E-state index contributed by atoms with van der Waals surface area (Å²) in [6, 6.07) is 10.8. The Morgan fingerprint density at radius 2 is 2.09 bits per heavy atom. The van der Waals surface area contributed by atoms with E-state index < -0.39 is 9.96 Å². The molecule has 118 valence electrons. The molecule has 1 atom stereocenters. The van der Waals surface area contributed by atoms with Crippen LogP contribution >= 0.6 is 34.8 Å². The standard InChI is InChI=1S/C15H15Cl3N2O2/c1-10-4-2-5-11(8-10)13(21)20-14(15(16,17)18)19-9-12-6-3-7-22-12/h2-8,14,19H,9H2,1H3,(H,20,21)/p+1/t14-/m0/s1. The number of furan rings is 1. The zero-order valence-electron chi connectivity index (χ0n) is 11.9. The van der Waals surface area contributed by atoms with Crippen molar-refractivity contribution in [1.29, 1.82) is 0 Å². The molecule has 7 heteroatoms. The maximum absolute atomic E-state index is 12.3. The molecular weight excluding hydrogens is 347 g/mol. The van der Waals surface area contributed by atoms with Crippen molar-refractivity contribution in [1.82, 2.24) is 5.32 Å². The number of carbonyl (C=O) groups is 1. The summed E-state index contributed by atoms with van der Waals surface area (Å²) in [5, 5.41) is 4.44. The van der Waals surface area contributed by atoms with Crippen LogP contribution in [0, 0.1) is 6.92 Å². The predicted octanol–water partition coefficient (Wildman–Crippen LogP) is 2.78. The van der Waals surface area contributed by atoms with E-state index in [1.165, 1.54) is 0 Å². The van der Waals surface area contributed by atoms with Crippen molar-refractivity contribution in [3.8, 4) is 0 Å². The Morgan fingerprint density at radius 1 is 1.32 bits per heavy atom. The van der Waals surface area contributed by atoms with Gasteiger partial charge in [0.15, 0.2) is 5.76 Å². The molecule has 1 heterocycles. The van der Waals surface area contributed by atoms with Gasteiger partial charge in [-0.1, -0.05) is 52.5 Å². The molecule has 3 N–H and O–H groups in total. The zero-order valence-corrected chi connectivity index (χ0v) is 14.1. The van der Waals surface area contributed by atoms with Crippen LogP contribution in [-0.2, 0) is 6.54 Å². The minimum Gasteiger partial charge on any atom is -0.463 e. The van der Waals surface area contributed by atoms with Gasteiger partial charge in [-0.2, -0.15) is 0 Å². The van der Waals surface area contributed by atoms with Gasteiger partial charge in [0.1, 0.15) is 6.54 Å². The minimum atomic E-state index is -1.65. The summed E-state index contributed by atoms with van der Waals surface area (Å²) in [5.74, 6) is 0.430. The smallest absolute Gasteiger partial charge is 0.262 e. The van der Waals surface area contributed by atoms with E-state index in [0.717, 1.165) is 11.3 Å². The van der Waals surface area contributed by atoms with Gasteiger partial charge in [-0.3, -0.25) is 10.1 Å². The first kappa shape index (κ1) is 17.2. The number of amides is 1. The van der Waals surface area contributed by atoms with Crippen LogP contribution in [0.2, 0.25) is 0 Å². The Labute approximate surface area is 143 Å². The van der Waals surface area contributed by atoms with E-state index >= 15 is 0 Å². The fourth-order valence-electron chi connectivity index (χ4n) is 1.95. The summed E-state index contributed by atoms with van der Waals surface area (Å²) >= 11 is 17.9. The molecule has 22 heavy (non-hydrogen) atoms. The highest BCUT2D eigenvalue weighted by Gasteiger charge is 2.37. The quantitative estimate of drug-likeness (QED) is 0.635. The first-order valence-corrected chi connectivity index (χ1v) is 7.79. The largest absolute Gasteiger partial charge is 0.463 e. The highest BCUT2D eigenvalue weighted by Crippen LogP contribution is 2.27. The average Bonchev–Trinajstić information content (AvgIpc) is 2.95. The Hall–Kier alpha value is -1.20. The van der Waals surface area contributed by atoms with Crippen molar-refractivity contribution in [3.63, 3.8) is 0 Å². The van der Waals surface area contributed by atoms with Crippen LogP contribution < -0.4 is 10.6 Å². The van der Waals surface area contributed by atoms with Crippen molar-refractivity contribution in [3.05, 3.63) is 59.5 Å². The third kappa shape index (κ3) is 4.92. The highest BCUT2D eigenvalue weighted by atomic mass is 35.6. The van der Waals surface area contributed by atoms with Crippen LogP contribution in [0.3, 0.4) is 0 Å². The molecule has 2 rings (SSSR count). The van der Waals surface area contributed by atoms with Gasteiger partial charge in [0, 0.05) is 5.56 Å². The van der Waals surface area contributed by atoms with E-state index in [1.807, 2.05) is 19.1 Å². The third-order valence-electron chi connectivity index (χ3n) is 3.05. The van der Waals surface area contributed by atoms with Crippen molar-refractivity contribution in [2.45, 2.75) is 23.4 Å². The first-order chi connectivity index (χ1) is 10.4. The normalized spacial score (nSPS) is 12.9. The second kappa shape index (κ2) is 7.38. The molecule has 2 aromatic rings. The number of alkyl halides is 3. The summed E-state index contributed by atoms with van der Waals surface area (Å²) in [5.41, 5.74) is 1.50. The fourth-order valence-corrected chi connectivity index (χ4v) is 2.38. The van der Waals surface area contributed by atoms with Gasteiger partial charge < -0.3 is 9.73 Å². The molecule has 1 amide bonds. The number of benzene rings is 1. The molecule has 0 saturated heterocycles. The first-order valence-electron chi connectivity index (χ1n) is 6.66. The fraction of sp³-hybridized carbons (Fsp3) is 0.267. The van der Waals surface area contributed by atoms with Crippen LogP contribution in [0.4, 0.5) is 0 Å². The Bertz CT molecular complexity index is 624. The van der Waals surface area contributed by atoms with Gasteiger partial charge in [0.05, 0.1) is 6.26 Å². The van der Waals surface area contributed by atoms with Crippen LogP contribution in [0.25, 0.3) is 0 Å². The third-order valence-corrected chi connectivity index (χ3v) is 3.76. The topological polar surface area (TPSA) is 58.9 Å². The lowest BCUT2D eigenvalue weighted by Crippen LogP contribution is -2.95. The van der Waals surface area contributed by atoms with Gasteiger partial charge in [0.2, 0.25) is 6.17 Å². The lowest BCUT2D eigenvalue weighted by atomic mass is 10.1. The molecule has 0 radical (unpaired) electrons.